The van der Waals surface area contributed by atoms with E-state index in [0.717, 1.165) is 5.56 Å². The third-order valence-electron chi connectivity index (χ3n) is 2.65. The van der Waals surface area contributed by atoms with Crippen LogP contribution in [0.2, 0.25) is 5.02 Å². The first-order valence-electron chi connectivity index (χ1n) is 5.58. The summed E-state index contributed by atoms with van der Waals surface area (Å²) in [4.78, 5) is 12.4. The fourth-order valence-corrected chi connectivity index (χ4v) is 2.78. The molecule has 0 saturated carbocycles. The lowest BCUT2D eigenvalue weighted by atomic mass is 10.2. The van der Waals surface area contributed by atoms with Crippen LogP contribution in [0.15, 0.2) is 23.6 Å². The van der Waals surface area contributed by atoms with Gasteiger partial charge in [-0.15, -0.1) is 11.3 Å². The van der Waals surface area contributed by atoms with Gasteiger partial charge in [-0.25, -0.2) is 0 Å². The molecule has 4 N–H and O–H groups in total. The number of rotatable bonds is 3. The van der Waals surface area contributed by atoms with E-state index in [1.807, 2.05) is 12.3 Å². The maximum Gasteiger partial charge on any atom is 0.263 e. The summed E-state index contributed by atoms with van der Waals surface area (Å²) < 4.78 is 0. The van der Waals surface area contributed by atoms with Crippen LogP contribution in [0.5, 0.6) is 5.75 Å². The van der Waals surface area contributed by atoms with Gasteiger partial charge in [0, 0.05) is 17.8 Å². The summed E-state index contributed by atoms with van der Waals surface area (Å²) in [7, 11) is 0. The van der Waals surface area contributed by atoms with Gasteiger partial charge in [-0.1, -0.05) is 11.6 Å². The van der Waals surface area contributed by atoms with Crippen molar-refractivity contribution in [2.75, 3.05) is 5.73 Å². The molecular formula is C13H13ClN2O2S. The Kier molecular flexibility index (Phi) is 3.97. The maximum absolute atomic E-state index is 12.0. The topological polar surface area (TPSA) is 75.4 Å². The van der Waals surface area contributed by atoms with Crippen molar-refractivity contribution in [3.63, 3.8) is 0 Å². The van der Waals surface area contributed by atoms with Gasteiger partial charge in [-0.3, -0.25) is 4.79 Å². The number of aryl methyl sites for hydroxylation is 1. The zero-order valence-corrected chi connectivity index (χ0v) is 11.8. The average Bonchev–Trinajstić information content (AvgIpc) is 2.71. The Balaban J connectivity index is 2.08. The van der Waals surface area contributed by atoms with Crippen molar-refractivity contribution in [1.29, 1.82) is 0 Å². The van der Waals surface area contributed by atoms with E-state index in [1.54, 1.807) is 12.1 Å². The normalized spacial score (nSPS) is 10.4. The van der Waals surface area contributed by atoms with Crippen LogP contribution in [0.3, 0.4) is 0 Å². The third-order valence-corrected chi connectivity index (χ3v) is 4.34. The lowest BCUT2D eigenvalue weighted by Crippen LogP contribution is -2.22. The molecule has 19 heavy (non-hydrogen) atoms. The highest BCUT2D eigenvalue weighted by Crippen LogP contribution is 2.27. The number of amides is 1. The summed E-state index contributed by atoms with van der Waals surface area (Å²) in [6.07, 6.45) is 0. The third kappa shape index (κ3) is 3.00. The largest absolute Gasteiger partial charge is 0.508 e. The molecule has 0 bridgehead atoms. The van der Waals surface area contributed by atoms with Crippen LogP contribution in [-0.2, 0) is 6.54 Å². The lowest BCUT2D eigenvalue weighted by Gasteiger charge is -2.07. The van der Waals surface area contributed by atoms with Gasteiger partial charge in [0.25, 0.3) is 5.91 Å². The number of halogens is 1. The molecule has 0 unspecified atom stereocenters. The number of thiophene rings is 1. The Morgan fingerprint density at radius 3 is 2.89 bits per heavy atom. The molecule has 2 rings (SSSR count). The number of nitrogens with one attached hydrogen (secondary N) is 1. The first kappa shape index (κ1) is 13.7. The number of carbonyl (C=O) groups excluding carboxylic acids is 1. The number of hydrogen-bond donors (Lipinski definition) is 3. The van der Waals surface area contributed by atoms with Gasteiger partial charge in [-0.2, -0.15) is 0 Å². The summed E-state index contributed by atoms with van der Waals surface area (Å²) in [5.41, 5.74) is 7.61. The SMILES string of the molecule is Cc1csc(C(=O)NCc2cc(N)ccc2O)c1Cl. The number of phenols is 1. The minimum atomic E-state index is -0.259. The van der Waals surface area contributed by atoms with Gasteiger partial charge in [0.05, 0.1) is 5.02 Å². The molecule has 0 saturated heterocycles. The number of benzene rings is 1. The van der Waals surface area contributed by atoms with E-state index in [-0.39, 0.29) is 18.2 Å². The fraction of sp³-hybridized carbons (Fsp3) is 0.154. The van der Waals surface area contributed by atoms with Crippen LogP contribution in [0.1, 0.15) is 20.8 Å². The molecule has 6 heteroatoms. The molecular weight excluding hydrogens is 284 g/mol. The lowest BCUT2D eigenvalue weighted by molar-refractivity contribution is 0.0955. The van der Waals surface area contributed by atoms with Gasteiger partial charge in [0.1, 0.15) is 10.6 Å². The number of nitrogens with two attached hydrogens (primary N) is 1. The van der Waals surface area contributed by atoms with Crippen LogP contribution in [-0.4, -0.2) is 11.0 Å². The number of nitrogen functional groups attached to an aromatic ring is 1. The molecule has 4 nitrogen and oxygen atoms in total. The maximum atomic E-state index is 12.0. The number of aromatic hydroxyl groups is 1. The smallest absolute Gasteiger partial charge is 0.263 e. The van der Waals surface area contributed by atoms with Crippen LogP contribution >= 0.6 is 22.9 Å². The summed E-state index contributed by atoms with van der Waals surface area (Å²) >= 11 is 7.32. The van der Waals surface area contributed by atoms with Crippen LogP contribution < -0.4 is 11.1 Å². The number of carbonyl (C=O) groups is 1. The molecule has 1 heterocycles. The average molecular weight is 297 g/mol. The zero-order chi connectivity index (χ0) is 14.0. The Hall–Kier alpha value is -1.72. The molecule has 2 aromatic rings. The zero-order valence-electron chi connectivity index (χ0n) is 10.2. The highest BCUT2D eigenvalue weighted by molar-refractivity contribution is 7.13. The number of phenolic OH excluding ortho intramolecular Hbond substituents is 1. The first-order chi connectivity index (χ1) is 8.99. The van der Waals surface area contributed by atoms with E-state index in [0.29, 0.717) is 21.2 Å². The minimum Gasteiger partial charge on any atom is -0.508 e. The molecule has 0 aliphatic rings. The van der Waals surface area contributed by atoms with E-state index in [4.69, 9.17) is 17.3 Å². The van der Waals surface area contributed by atoms with Crippen LogP contribution in [0.25, 0.3) is 0 Å². The summed E-state index contributed by atoms with van der Waals surface area (Å²) in [6.45, 7) is 2.04. The predicted molar refractivity (Wildman–Crippen MR) is 77.8 cm³/mol. The Labute approximate surface area is 119 Å². The highest BCUT2D eigenvalue weighted by Gasteiger charge is 2.14. The second-order valence-corrected chi connectivity index (χ2v) is 5.39. The van der Waals surface area contributed by atoms with Crippen molar-refractivity contribution in [1.82, 2.24) is 5.32 Å². The molecule has 1 aromatic carbocycles. The Morgan fingerprint density at radius 1 is 1.53 bits per heavy atom. The molecule has 100 valence electrons. The van der Waals surface area contributed by atoms with Gasteiger partial charge in [-0.05, 0) is 36.1 Å². The van der Waals surface area contributed by atoms with Crippen molar-refractivity contribution < 1.29 is 9.90 Å². The molecule has 0 atom stereocenters. The molecule has 0 aliphatic heterocycles. The van der Waals surface area contributed by atoms with E-state index in [1.165, 1.54) is 17.4 Å². The minimum absolute atomic E-state index is 0.1000. The van der Waals surface area contributed by atoms with Crippen molar-refractivity contribution >= 4 is 34.5 Å². The molecule has 1 amide bonds. The van der Waals surface area contributed by atoms with E-state index < -0.39 is 0 Å². The Bertz CT molecular complexity index is 625. The predicted octanol–water partition coefficient (Wildman–Crippen LogP) is 2.93. The highest BCUT2D eigenvalue weighted by atomic mass is 35.5. The summed E-state index contributed by atoms with van der Waals surface area (Å²) in [5, 5.41) is 14.7. The van der Waals surface area contributed by atoms with Crippen molar-refractivity contribution in [2.24, 2.45) is 0 Å². The van der Waals surface area contributed by atoms with Crippen molar-refractivity contribution in [3.8, 4) is 5.75 Å². The molecule has 0 spiro atoms. The quantitative estimate of drug-likeness (QED) is 0.602. The van der Waals surface area contributed by atoms with Gasteiger partial charge in [0.15, 0.2) is 0 Å². The monoisotopic (exact) mass is 296 g/mol. The van der Waals surface area contributed by atoms with E-state index in [9.17, 15) is 9.90 Å². The summed E-state index contributed by atoms with van der Waals surface area (Å²) in [5.74, 6) is -0.159. The fourth-order valence-electron chi connectivity index (χ4n) is 1.59. The van der Waals surface area contributed by atoms with Crippen molar-refractivity contribution in [3.05, 3.63) is 44.6 Å². The Morgan fingerprint density at radius 2 is 2.26 bits per heavy atom. The van der Waals surface area contributed by atoms with Gasteiger partial charge >= 0.3 is 0 Å². The molecule has 0 fully saturated rings. The van der Waals surface area contributed by atoms with Crippen LogP contribution in [0.4, 0.5) is 5.69 Å². The van der Waals surface area contributed by atoms with E-state index >= 15 is 0 Å². The summed E-state index contributed by atoms with van der Waals surface area (Å²) in [6, 6.07) is 4.72. The second kappa shape index (κ2) is 5.50. The standard InChI is InChI=1S/C13H13ClN2O2S/c1-7-6-19-12(11(7)14)13(18)16-5-8-4-9(15)2-3-10(8)17/h2-4,6,17H,5,15H2,1H3,(H,16,18). The number of hydrogen-bond acceptors (Lipinski definition) is 4. The first-order valence-corrected chi connectivity index (χ1v) is 6.84. The van der Waals surface area contributed by atoms with Gasteiger partial charge in [0.2, 0.25) is 0 Å². The molecule has 0 radical (unpaired) electrons. The second-order valence-electron chi connectivity index (χ2n) is 4.13. The molecule has 1 aromatic heterocycles. The van der Waals surface area contributed by atoms with Crippen molar-refractivity contribution in [2.45, 2.75) is 13.5 Å². The number of anilines is 1. The van der Waals surface area contributed by atoms with E-state index in [2.05, 4.69) is 5.32 Å². The molecule has 0 aliphatic carbocycles. The van der Waals surface area contributed by atoms with Gasteiger partial charge < -0.3 is 16.2 Å². The van der Waals surface area contributed by atoms with Crippen LogP contribution in [0, 0.1) is 6.92 Å².